The maximum atomic E-state index is 13.8. The summed E-state index contributed by atoms with van der Waals surface area (Å²) in [4.78, 5) is 20.2. The number of halogens is 1. The van der Waals surface area contributed by atoms with Crippen molar-refractivity contribution < 1.29 is 9.18 Å². The molecule has 2 aromatic heterocycles. The van der Waals surface area contributed by atoms with Crippen LogP contribution in [0.3, 0.4) is 0 Å². The summed E-state index contributed by atoms with van der Waals surface area (Å²) in [7, 11) is 0. The van der Waals surface area contributed by atoms with Crippen molar-refractivity contribution >= 4 is 16.9 Å². The van der Waals surface area contributed by atoms with E-state index in [1.807, 2.05) is 0 Å². The third-order valence-corrected chi connectivity index (χ3v) is 3.10. The number of benzene rings is 1. The van der Waals surface area contributed by atoms with Crippen LogP contribution in [-0.4, -0.2) is 20.3 Å². The van der Waals surface area contributed by atoms with Gasteiger partial charge in [0.1, 0.15) is 11.3 Å². The summed E-state index contributed by atoms with van der Waals surface area (Å²) in [5.74, 6) is -0.180. The number of hydrogen-bond donors (Lipinski definition) is 0. The van der Waals surface area contributed by atoms with Crippen LogP contribution in [0.25, 0.3) is 11.2 Å². The van der Waals surface area contributed by atoms with Crippen molar-refractivity contribution in [2.75, 3.05) is 0 Å². The number of pyridine rings is 1. The van der Waals surface area contributed by atoms with E-state index in [4.69, 9.17) is 0 Å². The van der Waals surface area contributed by atoms with Gasteiger partial charge in [0.2, 0.25) is 0 Å². The van der Waals surface area contributed by atoms with Crippen LogP contribution >= 0.6 is 0 Å². The second-order valence-corrected chi connectivity index (χ2v) is 4.52. The molecule has 0 atom stereocenters. The average Bonchev–Trinajstić information content (AvgIpc) is 2.81. The number of carbonyl (C=O) groups is 1. The van der Waals surface area contributed by atoms with Crippen LogP contribution < -0.4 is 0 Å². The van der Waals surface area contributed by atoms with E-state index in [1.165, 1.54) is 13.0 Å². The fraction of sp³-hybridized carbons (Fsp3) is 0.133. The van der Waals surface area contributed by atoms with Crippen molar-refractivity contribution in [3.8, 4) is 0 Å². The Morgan fingerprint density at radius 3 is 2.80 bits per heavy atom. The molecule has 0 aliphatic heterocycles. The van der Waals surface area contributed by atoms with Gasteiger partial charge in [-0.2, -0.15) is 0 Å². The zero-order valence-corrected chi connectivity index (χ0v) is 10.9. The Morgan fingerprint density at radius 1 is 1.25 bits per heavy atom. The van der Waals surface area contributed by atoms with Crippen molar-refractivity contribution in [2.24, 2.45) is 0 Å². The fourth-order valence-electron chi connectivity index (χ4n) is 2.17. The molecule has 4 nitrogen and oxygen atoms in total. The largest absolute Gasteiger partial charge is 0.302 e. The molecule has 0 fully saturated rings. The van der Waals surface area contributed by atoms with Crippen molar-refractivity contribution in [3.63, 3.8) is 0 Å². The number of aromatic nitrogens is 3. The number of hydrogen-bond acceptors (Lipinski definition) is 3. The molecule has 0 N–H and O–H groups in total. The van der Waals surface area contributed by atoms with Gasteiger partial charge >= 0.3 is 0 Å². The quantitative estimate of drug-likeness (QED) is 0.687. The third kappa shape index (κ3) is 2.07. The zero-order valence-electron chi connectivity index (χ0n) is 10.9. The van der Waals surface area contributed by atoms with Crippen LogP contribution in [0, 0.1) is 5.82 Å². The summed E-state index contributed by atoms with van der Waals surface area (Å²) in [5.41, 5.74) is 1.72. The summed E-state index contributed by atoms with van der Waals surface area (Å²) >= 11 is 0. The standard InChI is InChI=1S/C15H12FN3O/c1-10(20)14-18-13-7-4-8-17-15(13)19(14)9-11-5-2-3-6-12(11)16/h2-8H,9H2,1H3. The number of nitrogens with zero attached hydrogens (tertiary/aromatic N) is 3. The first-order valence-corrected chi connectivity index (χ1v) is 6.22. The van der Waals surface area contributed by atoms with Crippen LogP contribution in [0.2, 0.25) is 0 Å². The predicted octanol–water partition coefficient (Wildman–Crippen LogP) is 2.82. The van der Waals surface area contributed by atoms with E-state index in [2.05, 4.69) is 9.97 Å². The summed E-state index contributed by atoms with van der Waals surface area (Å²) in [6.07, 6.45) is 1.63. The molecule has 0 saturated carbocycles. The maximum absolute atomic E-state index is 13.8. The van der Waals surface area contributed by atoms with E-state index < -0.39 is 0 Å². The number of fused-ring (bicyclic) bond motifs is 1. The number of rotatable bonds is 3. The van der Waals surface area contributed by atoms with Crippen molar-refractivity contribution in [3.05, 3.63) is 59.8 Å². The molecule has 0 spiro atoms. The fourth-order valence-corrected chi connectivity index (χ4v) is 2.17. The predicted molar refractivity (Wildman–Crippen MR) is 73.0 cm³/mol. The van der Waals surface area contributed by atoms with Gasteiger partial charge in [-0.3, -0.25) is 4.79 Å². The lowest BCUT2D eigenvalue weighted by Gasteiger charge is -2.07. The summed E-state index contributed by atoms with van der Waals surface area (Å²) in [6, 6.07) is 10.0. The highest BCUT2D eigenvalue weighted by molar-refractivity contribution is 5.94. The van der Waals surface area contributed by atoms with E-state index in [9.17, 15) is 9.18 Å². The monoisotopic (exact) mass is 269 g/mol. The van der Waals surface area contributed by atoms with Gasteiger partial charge in [0, 0.05) is 18.7 Å². The maximum Gasteiger partial charge on any atom is 0.195 e. The number of imidazole rings is 1. The molecule has 20 heavy (non-hydrogen) atoms. The molecule has 0 bridgehead atoms. The second kappa shape index (κ2) is 4.85. The van der Waals surface area contributed by atoms with Crippen molar-refractivity contribution in [2.45, 2.75) is 13.5 Å². The first-order valence-electron chi connectivity index (χ1n) is 6.22. The first-order chi connectivity index (χ1) is 9.66. The number of ketones is 1. The lowest BCUT2D eigenvalue weighted by Crippen LogP contribution is -2.10. The molecule has 2 heterocycles. The van der Waals surface area contributed by atoms with Gasteiger partial charge < -0.3 is 4.57 Å². The SMILES string of the molecule is CC(=O)c1nc2cccnc2n1Cc1ccccc1F. The molecule has 5 heteroatoms. The molecule has 1 aromatic carbocycles. The minimum Gasteiger partial charge on any atom is -0.302 e. The lowest BCUT2D eigenvalue weighted by atomic mass is 10.2. The molecule has 3 aromatic rings. The Balaban J connectivity index is 2.17. The Kier molecular flexibility index (Phi) is 3.02. The zero-order chi connectivity index (χ0) is 14.1. The van der Waals surface area contributed by atoms with E-state index in [0.717, 1.165) is 0 Å². The molecule has 0 aliphatic carbocycles. The molecular formula is C15H12FN3O. The molecule has 3 rings (SSSR count). The van der Waals surface area contributed by atoms with Gasteiger partial charge in [0.15, 0.2) is 17.3 Å². The van der Waals surface area contributed by atoms with Crippen LogP contribution in [0.1, 0.15) is 23.1 Å². The molecule has 100 valence electrons. The minimum atomic E-state index is -0.306. The first kappa shape index (κ1) is 12.5. The smallest absolute Gasteiger partial charge is 0.195 e. The molecular weight excluding hydrogens is 257 g/mol. The summed E-state index contributed by atoms with van der Waals surface area (Å²) in [6.45, 7) is 1.67. The number of carbonyl (C=O) groups excluding carboxylic acids is 1. The van der Waals surface area contributed by atoms with Crippen LogP contribution in [0.5, 0.6) is 0 Å². The van der Waals surface area contributed by atoms with Gasteiger partial charge in [-0.1, -0.05) is 18.2 Å². The third-order valence-electron chi connectivity index (χ3n) is 3.10. The Labute approximate surface area is 114 Å². The summed E-state index contributed by atoms with van der Waals surface area (Å²) in [5, 5.41) is 0. The van der Waals surface area contributed by atoms with E-state index in [-0.39, 0.29) is 18.1 Å². The lowest BCUT2D eigenvalue weighted by molar-refractivity contribution is 0.100. The van der Waals surface area contributed by atoms with E-state index in [1.54, 1.807) is 41.1 Å². The van der Waals surface area contributed by atoms with E-state index in [0.29, 0.717) is 22.6 Å². The minimum absolute atomic E-state index is 0.167. The van der Waals surface area contributed by atoms with Gasteiger partial charge in [-0.05, 0) is 18.2 Å². The highest BCUT2D eigenvalue weighted by atomic mass is 19.1. The van der Waals surface area contributed by atoms with Gasteiger partial charge in [-0.15, -0.1) is 0 Å². The highest BCUT2D eigenvalue weighted by Gasteiger charge is 2.16. The molecule has 0 aliphatic rings. The topological polar surface area (TPSA) is 47.8 Å². The Bertz CT molecular complexity index is 795. The molecule has 0 amide bonds. The average molecular weight is 269 g/mol. The summed E-state index contributed by atoms with van der Waals surface area (Å²) < 4.78 is 15.4. The van der Waals surface area contributed by atoms with Gasteiger partial charge in [-0.25, -0.2) is 14.4 Å². The van der Waals surface area contributed by atoms with Crippen LogP contribution in [-0.2, 0) is 6.54 Å². The Morgan fingerprint density at radius 2 is 2.05 bits per heavy atom. The van der Waals surface area contributed by atoms with Gasteiger partial charge in [0.25, 0.3) is 0 Å². The van der Waals surface area contributed by atoms with Crippen molar-refractivity contribution in [1.29, 1.82) is 0 Å². The van der Waals surface area contributed by atoms with Crippen molar-refractivity contribution in [1.82, 2.24) is 14.5 Å². The highest BCUT2D eigenvalue weighted by Crippen LogP contribution is 2.17. The second-order valence-electron chi connectivity index (χ2n) is 4.52. The molecule has 0 unspecified atom stereocenters. The molecule has 0 radical (unpaired) electrons. The normalized spacial score (nSPS) is 10.9. The molecule has 0 saturated heterocycles. The van der Waals surface area contributed by atoms with Crippen LogP contribution in [0.4, 0.5) is 4.39 Å². The van der Waals surface area contributed by atoms with Gasteiger partial charge in [0.05, 0.1) is 6.54 Å². The number of Topliss-reactive ketones (excluding diaryl/α,β-unsaturated/α-hetero) is 1. The van der Waals surface area contributed by atoms with Crippen LogP contribution in [0.15, 0.2) is 42.6 Å². The van der Waals surface area contributed by atoms with E-state index >= 15 is 0 Å². The Hall–Kier alpha value is -2.56.